The molecule has 6 rings (SSSR count). The summed E-state index contributed by atoms with van der Waals surface area (Å²) in [7, 11) is 0. The van der Waals surface area contributed by atoms with Crippen LogP contribution in [-0.2, 0) is 22.0 Å². The molecule has 0 radical (unpaired) electrons. The van der Waals surface area contributed by atoms with Gasteiger partial charge in [0.05, 0.1) is 28.3 Å². The van der Waals surface area contributed by atoms with Gasteiger partial charge in [-0.1, -0.05) is 11.6 Å². The van der Waals surface area contributed by atoms with Gasteiger partial charge in [-0.2, -0.15) is 13.2 Å². The molecule has 0 spiro atoms. The number of aromatic nitrogens is 2. The quantitative estimate of drug-likeness (QED) is 0.226. The summed E-state index contributed by atoms with van der Waals surface area (Å²) in [5.74, 6) is -3.15. The molecule has 3 heterocycles. The molecule has 2 atom stereocenters. The molecule has 2 aromatic heterocycles. The van der Waals surface area contributed by atoms with Crippen LogP contribution in [-0.4, -0.2) is 40.0 Å². The number of ether oxygens (including phenoxy) is 1. The molecule has 4 N–H and O–H groups in total. The summed E-state index contributed by atoms with van der Waals surface area (Å²) < 4.78 is 60.8. The fraction of sp³-hybridized carbons (Fsp3) is 0.312. The van der Waals surface area contributed by atoms with E-state index in [0.29, 0.717) is 35.9 Å². The third kappa shape index (κ3) is 5.35. The summed E-state index contributed by atoms with van der Waals surface area (Å²) >= 11 is 6.39. The van der Waals surface area contributed by atoms with Gasteiger partial charge < -0.3 is 20.9 Å². The molecule has 1 saturated carbocycles. The van der Waals surface area contributed by atoms with E-state index in [4.69, 9.17) is 22.1 Å². The van der Waals surface area contributed by atoms with E-state index in [1.807, 2.05) is 13.0 Å². The van der Waals surface area contributed by atoms with Gasteiger partial charge in [-0.05, 0) is 80.6 Å². The van der Waals surface area contributed by atoms with E-state index in [2.05, 4.69) is 15.3 Å². The van der Waals surface area contributed by atoms with E-state index in [1.54, 1.807) is 12.3 Å². The van der Waals surface area contributed by atoms with E-state index in [1.165, 1.54) is 19.1 Å². The standard InChI is InChI=1S/C32H27ClF4N4O4/c1-15-7-17-8-18(10-22(33)25(17)39-12-15)28(42)40-13-31(44,19-4-5-19)24-11-21-27(45-14-30(21,2)29(38)43)26(41-24)16-3-6-23(34)20(9-16)32(35,36)37/h3,6-12,19,44H,4-5,13-14H2,1-2H3,(H2,38,43)(H,40,42)/t30-,31+/m0/s1. The molecule has 8 nitrogen and oxygen atoms in total. The Bertz CT molecular complexity index is 1900. The van der Waals surface area contributed by atoms with Crippen molar-refractivity contribution >= 4 is 34.3 Å². The second kappa shape index (κ2) is 10.7. The van der Waals surface area contributed by atoms with Crippen LogP contribution in [0.1, 0.15) is 52.5 Å². The van der Waals surface area contributed by atoms with Crippen molar-refractivity contribution < 1.29 is 37.0 Å². The number of nitrogens with two attached hydrogens (primary N) is 1. The number of nitrogens with zero attached hydrogens (tertiary/aromatic N) is 2. The van der Waals surface area contributed by atoms with Crippen LogP contribution in [0.25, 0.3) is 22.2 Å². The van der Waals surface area contributed by atoms with Gasteiger partial charge in [-0.3, -0.25) is 14.6 Å². The van der Waals surface area contributed by atoms with Gasteiger partial charge in [0, 0.05) is 28.3 Å². The number of carbonyl (C=O) groups excluding carboxylic acids is 2. The Morgan fingerprint density at radius 1 is 1.18 bits per heavy atom. The SMILES string of the molecule is Cc1cnc2c(Cl)cc(C(=O)NC[C@](O)(c3cc4c(c(-c5ccc(F)c(C(F)(F)F)c5)n3)OC[C@]4(C)C(N)=O)C3CC3)cc2c1. The predicted octanol–water partition coefficient (Wildman–Crippen LogP) is 5.58. The Hall–Kier alpha value is -4.29. The number of aryl methyl sites for hydroxylation is 1. The van der Waals surface area contributed by atoms with Crippen molar-refractivity contribution in [1.29, 1.82) is 0 Å². The van der Waals surface area contributed by atoms with Crippen LogP contribution >= 0.6 is 11.6 Å². The number of alkyl halides is 3. The van der Waals surface area contributed by atoms with Crippen LogP contribution < -0.4 is 15.8 Å². The number of rotatable bonds is 7. The molecule has 234 valence electrons. The summed E-state index contributed by atoms with van der Waals surface area (Å²) in [6, 6.07) is 8.74. The highest BCUT2D eigenvalue weighted by atomic mass is 35.5. The van der Waals surface area contributed by atoms with Crippen molar-refractivity contribution in [3.8, 4) is 17.0 Å². The number of benzene rings is 2. The number of pyridine rings is 2. The maximum absolute atomic E-state index is 14.2. The van der Waals surface area contributed by atoms with E-state index in [-0.39, 0.29) is 57.9 Å². The van der Waals surface area contributed by atoms with Gasteiger partial charge in [0.15, 0.2) is 0 Å². The maximum Gasteiger partial charge on any atom is 0.419 e. The predicted molar refractivity (Wildman–Crippen MR) is 157 cm³/mol. The third-order valence-corrected chi connectivity index (χ3v) is 8.80. The van der Waals surface area contributed by atoms with Gasteiger partial charge >= 0.3 is 6.18 Å². The number of amides is 2. The summed E-state index contributed by atoms with van der Waals surface area (Å²) in [6.45, 7) is 2.82. The number of aliphatic hydroxyl groups is 1. The average molecular weight is 643 g/mol. The van der Waals surface area contributed by atoms with Crippen molar-refractivity contribution in [2.75, 3.05) is 13.2 Å². The van der Waals surface area contributed by atoms with E-state index >= 15 is 0 Å². The smallest absolute Gasteiger partial charge is 0.419 e. The van der Waals surface area contributed by atoms with Crippen LogP contribution in [0.15, 0.2) is 48.7 Å². The number of hydrogen-bond acceptors (Lipinski definition) is 6. The van der Waals surface area contributed by atoms with Crippen LogP contribution in [0.5, 0.6) is 5.75 Å². The largest absolute Gasteiger partial charge is 0.489 e. The minimum absolute atomic E-state index is 0.00308. The molecule has 2 amide bonds. The highest BCUT2D eigenvalue weighted by Gasteiger charge is 2.50. The number of carbonyl (C=O) groups is 2. The van der Waals surface area contributed by atoms with Gasteiger partial charge in [-0.25, -0.2) is 9.37 Å². The lowest BCUT2D eigenvalue weighted by molar-refractivity contribution is -0.140. The first kappa shape index (κ1) is 30.7. The van der Waals surface area contributed by atoms with Crippen molar-refractivity contribution in [3.05, 3.63) is 87.4 Å². The Balaban J connectivity index is 1.43. The lowest BCUT2D eigenvalue weighted by Crippen LogP contribution is -2.44. The summed E-state index contributed by atoms with van der Waals surface area (Å²) in [5.41, 5.74) is 2.54. The lowest BCUT2D eigenvalue weighted by Gasteiger charge is -2.30. The Morgan fingerprint density at radius 2 is 1.91 bits per heavy atom. The van der Waals surface area contributed by atoms with Crippen LogP contribution in [0, 0.1) is 18.7 Å². The fourth-order valence-electron chi connectivity index (χ4n) is 5.66. The molecular formula is C32H27ClF4N4O4. The average Bonchev–Trinajstić information content (AvgIpc) is 3.78. The van der Waals surface area contributed by atoms with Gasteiger partial charge in [0.2, 0.25) is 5.91 Å². The topological polar surface area (TPSA) is 127 Å². The second-order valence-corrected chi connectivity index (χ2v) is 12.2. The molecule has 4 aromatic rings. The summed E-state index contributed by atoms with van der Waals surface area (Å²) in [6.07, 6.45) is -2.19. The zero-order chi connectivity index (χ0) is 32.5. The number of nitrogens with one attached hydrogen (secondary N) is 1. The molecule has 1 fully saturated rings. The number of primary amides is 1. The molecule has 13 heteroatoms. The molecule has 0 bridgehead atoms. The Morgan fingerprint density at radius 3 is 2.58 bits per heavy atom. The first-order chi connectivity index (χ1) is 21.1. The minimum Gasteiger partial charge on any atom is -0.489 e. The number of fused-ring (bicyclic) bond motifs is 2. The molecule has 2 aromatic carbocycles. The third-order valence-electron chi connectivity index (χ3n) is 8.51. The highest BCUT2D eigenvalue weighted by Crippen LogP contribution is 2.50. The monoisotopic (exact) mass is 642 g/mol. The van der Waals surface area contributed by atoms with Crippen molar-refractivity contribution in [1.82, 2.24) is 15.3 Å². The molecule has 1 aliphatic heterocycles. The molecule has 0 unspecified atom stereocenters. The van der Waals surface area contributed by atoms with Gasteiger partial charge in [0.25, 0.3) is 5.91 Å². The Labute approximate surface area is 259 Å². The van der Waals surface area contributed by atoms with Gasteiger partial charge in [0.1, 0.15) is 34.9 Å². The first-order valence-corrected chi connectivity index (χ1v) is 14.4. The normalized spacial score (nSPS) is 19.1. The van der Waals surface area contributed by atoms with Crippen LogP contribution in [0.4, 0.5) is 17.6 Å². The molecule has 1 aliphatic carbocycles. The lowest BCUT2D eigenvalue weighted by atomic mass is 9.81. The van der Waals surface area contributed by atoms with E-state index < -0.39 is 40.4 Å². The first-order valence-electron chi connectivity index (χ1n) is 14.0. The maximum atomic E-state index is 14.2. The van der Waals surface area contributed by atoms with Crippen LogP contribution in [0.2, 0.25) is 5.02 Å². The number of hydrogen-bond donors (Lipinski definition) is 3. The van der Waals surface area contributed by atoms with Crippen molar-refractivity contribution in [2.45, 2.75) is 43.9 Å². The zero-order valence-corrected chi connectivity index (χ0v) is 24.8. The highest BCUT2D eigenvalue weighted by molar-refractivity contribution is 6.35. The van der Waals surface area contributed by atoms with Crippen LogP contribution in [0.3, 0.4) is 0 Å². The summed E-state index contributed by atoms with van der Waals surface area (Å²) in [4.78, 5) is 34.8. The minimum atomic E-state index is -5.00. The molecular weight excluding hydrogens is 616 g/mol. The van der Waals surface area contributed by atoms with Crippen molar-refractivity contribution in [2.24, 2.45) is 11.7 Å². The van der Waals surface area contributed by atoms with Gasteiger partial charge in [-0.15, -0.1) is 0 Å². The number of halogens is 5. The molecule has 0 saturated heterocycles. The second-order valence-electron chi connectivity index (χ2n) is 11.8. The Kier molecular flexibility index (Phi) is 7.28. The van der Waals surface area contributed by atoms with E-state index in [0.717, 1.165) is 11.6 Å². The zero-order valence-electron chi connectivity index (χ0n) is 24.1. The van der Waals surface area contributed by atoms with Crippen molar-refractivity contribution in [3.63, 3.8) is 0 Å². The van der Waals surface area contributed by atoms with E-state index in [9.17, 15) is 32.3 Å². The molecule has 2 aliphatic rings. The summed E-state index contributed by atoms with van der Waals surface area (Å²) in [5, 5.41) is 15.8. The fourth-order valence-corrected chi connectivity index (χ4v) is 5.94. The molecule has 45 heavy (non-hydrogen) atoms.